The molecule has 154 valence electrons. The molecule has 0 unspecified atom stereocenters. The fourth-order valence-electron chi connectivity index (χ4n) is 3.93. The summed E-state index contributed by atoms with van der Waals surface area (Å²) in [6.07, 6.45) is 0. The lowest BCUT2D eigenvalue weighted by Gasteiger charge is -2.26. The lowest BCUT2D eigenvalue weighted by atomic mass is 10.0. The first-order valence-electron chi connectivity index (χ1n) is 10.1. The molecule has 5 nitrogen and oxygen atoms in total. The first-order chi connectivity index (χ1) is 14.1. The Labute approximate surface area is 176 Å². The van der Waals surface area contributed by atoms with Crippen LogP contribution in [0.3, 0.4) is 0 Å². The minimum absolute atomic E-state index is 0.283. The zero-order chi connectivity index (χ0) is 20.8. The lowest BCUT2D eigenvalue weighted by molar-refractivity contribution is -0.943. The van der Waals surface area contributed by atoms with Crippen molar-refractivity contribution in [1.29, 1.82) is 0 Å². The van der Waals surface area contributed by atoms with Crippen molar-refractivity contribution in [2.45, 2.75) is 26.4 Å². The number of nitrogens with two attached hydrogens (primary N) is 1. The summed E-state index contributed by atoms with van der Waals surface area (Å²) in [6, 6.07) is 15.5. The van der Waals surface area contributed by atoms with Crippen molar-refractivity contribution in [1.82, 2.24) is 0 Å². The molecule has 0 saturated heterocycles. The maximum Gasteiger partial charge on any atom is 0.336 e. The van der Waals surface area contributed by atoms with Crippen LogP contribution in [0, 0.1) is 0 Å². The first kappa shape index (κ1) is 21.4. The molecular formula is C23H29ClN2O3+2. The summed E-state index contributed by atoms with van der Waals surface area (Å²) in [5, 5.41) is 3.99. The number of hydrogen-bond acceptors (Lipinski definition) is 3. The molecule has 0 amide bonds. The predicted octanol–water partition coefficient (Wildman–Crippen LogP) is 2.18. The van der Waals surface area contributed by atoms with E-state index in [0.717, 1.165) is 35.6 Å². The van der Waals surface area contributed by atoms with Gasteiger partial charge in [-0.1, -0.05) is 29.8 Å². The predicted molar refractivity (Wildman–Crippen MR) is 116 cm³/mol. The Hall–Kier alpha value is -2.34. The van der Waals surface area contributed by atoms with Gasteiger partial charge in [0.05, 0.1) is 20.2 Å². The molecular weight excluding hydrogens is 388 g/mol. The topological polar surface area (TPSA) is 60.5 Å². The second-order valence-electron chi connectivity index (χ2n) is 7.12. The Morgan fingerprint density at radius 3 is 2.59 bits per heavy atom. The smallest absolute Gasteiger partial charge is 0.336 e. The van der Waals surface area contributed by atoms with Crippen LogP contribution < -0.4 is 20.6 Å². The summed E-state index contributed by atoms with van der Waals surface area (Å²) < 4.78 is 10.6. The third-order valence-corrected chi connectivity index (χ3v) is 5.83. The van der Waals surface area contributed by atoms with Crippen molar-refractivity contribution in [3.8, 4) is 5.75 Å². The van der Waals surface area contributed by atoms with E-state index in [1.54, 1.807) is 19.2 Å². The van der Waals surface area contributed by atoms with Gasteiger partial charge in [0.1, 0.15) is 24.4 Å². The number of likely N-dealkylation sites (N-methyl/N-ethyl adjacent to an activating group) is 1. The minimum Gasteiger partial charge on any atom is -0.497 e. The average molecular weight is 417 g/mol. The molecule has 3 N–H and O–H groups in total. The zero-order valence-electron chi connectivity index (χ0n) is 17.2. The number of fused-ring (bicyclic) bond motifs is 1. The van der Waals surface area contributed by atoms with Gasteiger partial charge >= 0.3 is 5.63 Å². The van der Waals surface area contributed by atoms with Crippen LogP contribution in [-0.2, 0) is 6.54 Å². The Morgan fingerprint density at radius 2 is 1.90 bits per heavy atom. The molecule has 6 heteroatoms. The highest BCUT2D eigenvalue weighted by Gasteiger charge is 2.25. The number of nitrogens with one attached hydrogen (secondary N) is 1. The summed E-state index contributed by atoms with van der Waals surface area (Å²) in [5.74, 6) is 0.672. The summed E-state index contributed by atoms with van der Waals surface area (Å²) in [5.41, 5.74) is 2.35. The highest BCUT2D eigenvalue weighted by atomic mass is 35.5. The Morgan fingerprint density at radius 1 is 1.14 bits per heavy atom. The van der Waals surface area contributed by atoms with Gasteiger partial charge in [-0.3, -0.25) is 0 Å². The molecule has 3 aromatic rings. The fraction of sp³-hybridized carbons (Fsp3) is 0.348. The molecule has 2 aromatic carbocycles. The van der Waals surface area contributed by atoms with E-state index >= 15 is 0 Å². The van der Waals surface area contributed by atoms with Crippen molar-refractivity contribution in [2.75, 3.05) is 26.7 Å². The number of benzene rings is 2. The standard InChI is InChI=1S/C23H27ClN2O3/c1-4-26(5-2)21(19-8-6-7-9-20(19)24)15-25-14-16-12-23(27)29-22-13-17(28-3)10-11-18(16)22/h6-13,21,25H,4-5,14-15H2,1-3H3/p+2/t21-/m1/s1. The van der Waals surface area contributed by atoms with E-state index in [1.807, 2.05) is 30.3 Å². The van der Waals surface area contributed by atoms with Gasteiger partial charge in [-0.25, -0.2) is 4.79 Å². The molecule has 29 heavy (non-hydrogen) atoms. The van der Waals surface area contributed by atoms with Gasteiger partial charge in [-0.15, -0.1) is 0 Å². The molecule has 1 heterocycles. The van der Waals surface area contributed by atoms with Crippen molar-refractivity contribution in [2.24, 2.45) is 0 Å². The van der Waals surface area contributed by atoms with Crippen LogP contribution in [0.4, 0.5) is 0 Å². The number of rotatable bonds is 9. The number of hydrogen-bond donors (Lipinski definition) is 2. The number of ether oxygens (including phenoxy) is 1. The quantitative estimate of drug-likeness (QED) is 0.526. The number of methoxy groups -OCH3 is 1. The van der Waals surface area contributed by atoms with Crippen molar-refractivity contribution < 1.29 is 19.4 Å². The van der Waals surface area contributed by atoms with E-state index in [2.05, 4.69) is 25.2 Å². The summed E-state index contributed by atoms with van der Waals surface area (Å²) in [7, 11) is 1.60. The van der Waals surface area contributed by atoms with E-state index in [-0.39, 0.29) is 11.7 Å². The van der Waals surface area contributed by atoms with Crippen LogP contribution in [0.2, 0.25) is 5.02 Å². The third-order valence-electron chi connectivity index (χ3n) is 5.49. The highest BCUT2D eigenvalue weighted by molar-refractivity contribution is 6.31. The molecule has 0 radical (unpaired) electrons. The second-order valence-corrected chi connectivity index (χ2v) is 7.53. The molecule has 0 aliphatic carbocycles. The van der Waals surface area contributed by atoms with Crippen LogP contribution in [0.1, 0.15) is 31.0 Å². The molecule has 0 bridgehead atoms. The average Bonchev–Trinajstić information content (AvgIpc) is 2.73. The van der Waals surface area contributed by atoms with Gasteiger partial charge < -0.3 is 19.4 Å². The SMILES string of the molecule is CC[NH+](CC)[C@H](C[NH2+]Cc1cc(=O)oc2cc(OC)ccc12)c1ccccc1Cl. The van der Waals surface area contributed by atoms with E-state index in [9.17, 15) is 4.79 Å². The molecule has 0 saturated carbocycles. The number of halogens is 1. The summed E-state index contributed by atoms with van der Waals surface area (Å²) >= 11 is 6.51. The highest BCUT2D eigenvalue weighted by Crippen LogP contribution is 2.22. The van der Waals surface area contributed by atoms with E-state index in [4.69, 9.17) is 20.8 Å². The van der Waals surface area contributed by atoms with Crippen molar-refractivity contribution in [3.05, 3.63) is 75.1 Å². The first-order valence-corrected chi connectivity index (χ1v) is 10.5. The second kappa shape index (κ2) is 9.92. The molecule has 1 atom stereocenters. The van der Waals surface area contributed by atoms with Crippen LogP contribution >= 0.6 is 11.6 Å². The van der Waals surface area contributed by atoms with Gasteiger partial charge in [-0.05, 0) is 32.0 Å². The molecule has 0 spiro atoms. The summed E-state index contributed by atoms with van der Waals surface area (Å²) in [6.45, 7) is 8.02. The van der Waals surface area contributed by atoms with E-state index < -0.39 is 0 Å². The minimum atomic E-state index is -0.342. The summed E-state index contributed by atoms with van der Waals surface area (Å²) in [4.78, 5) is 13.5. The van der Waals surface area contributed by atoms with E-state index in [0.29, 0.717) is 17.9 Å². The maximum absolute atomic E-state index is 12.0. The molecule has 1 aromatic heterocycles. The normalized spacial score (nSPS) is 12.4. The maximum atomic E-state index is 12.0. The van der Waals surface area contributed by atoms with Gasteiger partial charge in [0.25, 0.3) is 0 Å². The fourth-order valence-corrected chi connectivity index (χ4v) is 4.19. The van der Waals surface area contributed by atoms with Gasteiger partial charge in [0.2, 0.25) is 0 Å². The lowest BCUT2D eigenvalue weighted by Crippen LogP contribution is -3.14. The number of quaternary nitrogens is 2. The van der Waals surface area contributed by atoms with Crippen LogP contribution in [-0.4, -0.2) is 26.7 Å². The molecule has 0 fully saturated rings. The van der Waals surface area contributed by atoms with Gasteiger partial charge in [-0.2, -0.15) is 0 Å². The van der Waals surface area contributed by atoms with Crippen molar-refractivity contribution in [3.63, 3.8) is 0 Å². The Balaban J connectivity index is 1.82. The van der Waals surface area contributed by atoms with E-state index in [1.165, 1.54) is 10.5 Å². The van der Waals surface area contributed by atoms with Crippen LogP contribution in [0.5, 0.6) is 5.75 Å². The van der Waals surface area contributed by atoms with Crippen molar-refractivity contribution >= 4 is 22.6 Å². The van der Waals surface area contributed by atoms with Crippen LogP contribution in [0.15, 0.2) is 57.7 Å². The monoisotopic (exact) mass is 416 g/mol. The largest absolute Gasteiger partial charge is 0.497 e. The van der Waals surface area contributed by atoms with Crippen LogP contribution in [0.25, 0.3) is 11.0 Å². The van der Waals surface area contributed by atoms with Gasteiger partial charge in [0.15, 0.2) is 6.04 Å². The molecule has 0 aliphatic rings. The third kappa shape index (κ3) is 4.99. The Bertz CT molecular complexity index is 1010. The van der Waals surface area contributed by atoms with Gasteiger partial charge in [0, 0.05) is 33.7 Å². The molecule has 3 rings (SSSR count). The molecule has 0 aliphatic heterocycles. The Kier molecular flexibility index (Phi) is 7.31. The zero-order valence-corrected chi connectivity index (χ0v) is 18.0.